The number of hydrogen-bond donors (Lipinski definition) is 1. The topological polar surface area (TPSA) is 61.9 Å². The Balaban J connectivity index is 1.55. The first kappa shape index (κ1) is 19.3. The average molecular weight is 404 g/mol. The van der Waals surface area contributed by atoms with Crippen LogP contribution in [0, 0.1) is 5.82 Å². The predicted octanol–water partition coefficient (Wildman–Crippen LogP) is 3.55. The second kappa shape index (κ2) is 7.40. The molecular formula is C20H16F4N4O. The maximum atomic E-state index is 14.1. The number of alkyl halides is 3. The van der Waals surface area contributed by atoms with Gasteiger partial charge in [-0.05, 0) is 24.3 Å². The van der Waals surface area contributed by atoms with Crippen molar-refractivity contribution >= 4 is 0 Å². The van der Waals surface area contributed by atoms with Crippen LogP contribution < -0.4 is 5.56 Å². The minimum absolute atomic E-state index is 0.104. The van der Waals surface area contributed by atoms with E-state index in [1.165, 1.54) is 0 Å². The van der Waals surface area contributed by atoms with Crippen LogP contribution in [0.1, 0.15) is 22.4 Å². The summed E-state index contributed by atoms with van der Waals surface area (Å²) in [5.74, 6) is -0.478. The first-order valence-electron chi connectivity index (χ1n) is 8.92. The molecule has 1 aromatic carbocycles. The van der Waals surface area contributed by atoms with Gasteiger partial charge in [0.05, 0.1) is 16.8 Å². The first-order chi connectivity index (χ1) is 13.8. The van der Waals surface area contributed by atoms with Gasteiger partial charge in [-0.3, -0.25) is 14.7 Å². The van der Waals surface area contributed by atoms with E-state index in [4.69, 9.17) is 0 Å². The number of hydrogen-bond acceptors (Lipinski definition) is 4. The van der Waals surface area contributed by atoms with E-state index in [-0.39, 0.29) is 24.2 Å². The Kier molecular flexibility index (Phi) is 4.91. The molecule has 0 fully saturated rings. The van der Waals surface area contributed by atoms with E-state index in [2.05, 4.69) is 15.0 Å². The Morgan fingerprint density at radius 3 is 2.72 bits per heavy atom. The fourth-order valence-electron chi connectivity index (χ4n) is 3.35. The third-order valence-corrected chi connectivity index (χ3v) is 4.86. The third-order valence-electron chi connectivity index (χ3n) is 4.86. The van der Waals surface area contributed by atoms with Gasteiger partial charge in [-0.15, -0.1) is 0 Å². The number of aromatic nitrogens is 3. The molecule has 29 heavy (non-hydrogen) atoms. The highest BCUT2D eigenvalue weighted by molar-refractivity contribution is 5.53. The Morgan fingerprint density at radius 2 is 2.03 bits per heavy atom. The second-order valence-electron chi connectivity index (χ2n) is 6.85. The van der Waals surface area contributed by atoms with Crippen LogP contribution in [0.3, 0.4) is 0 Å². The summed E-state index contributed by atoms with van der Waals surface area (Å²) in [5.41, 5.74) is 0.685. The van der Waals surface area contributed by atoms with Gasteiger partial charge in [0.2, 0.25) is 0 Å². The summed E-state index contributed by atoms with van der Waals surface area (Å²) in [6, 6.07) is 6.05. The van der Waals surface area contributed by atoms with Crippen LogP contribution in [0.4, 0.5) is 17.6 Å². The van der Waals surface area contributed by atoms with E-state index in [9.17, 15) is 22.4 Å². The van der Waals surface area contributed by atoms with Gasteiger partial charge < -0.3 is 4.98 Å². The van der Waals surface area contributed by atoms with Crippen LogP contribution >= 0.6 is 0 Å². The van der Waals surface area contributed by atoms with Crippen molar-refractivity contribution in [2.45, 2.75) is 25.7 Å². The number of nitrogens with one attached hydrogen (secondary N) is 1. The number of rotatable bonds is 3. The number of pyridine rings is 1. The van der Waals surface area contributed by atoms with Gasteiger partial charge in [0.25, 0.3) is 5.56 Å². The third kappa shape index (κ3) is 4.04. The molecule has 3 aromatic rings. The van der Waals surface area contributed by atoms with E-state index in [1.807, 2.05) is 4.90 Å². The average Bonchev–Trinajstić information content (AvgIpc) is 2.69. The van der Waals surface area contributed by atoms with E-state index < -0.39 is 17.6 Å². The number of aromatic amines is 1. The standard InChI is InChI=1S/C20H16F4N4O/c21-16-8-14(20(22,23)24)4-3-13(16)10-28-7-5-17-15(11-28)19(29)27-18(26-17)12-2-1-6-25-9-12/h1-4,6,8-9H,5,7,10-11H2,(H,26,27,29). The number of halogens is 4. The lowest BCUT2D eigenvalue weighted by atomic mass is 10.0. The van der Waals surface area contributed by atoms with Crippen LogP contribution in [-0.4, -0.2) is 26.4 Å². The highest BCUT2D eigenvalue weighted by Gasteiger charge is 2.31. The second-order valence-corrected chi connectivity index (χ2v) is 6.85. The van der Waals surface area contributed by atoms with Crippen LogP contribution in [0.15, 0.2) is 47.5 Å². The molecule has 2 aromatic heterocycles. The minimum Gasteiger partial charge on any atom is -0.306 e. The fraction of sp³-hybridized carbons (Fsp3) is 0.250. The molecule has 0 bridgehead atoms. The molecule has 0 amide bonds. The molecule has 0 aliphatic carbocycles. The molecule has 0 atom stereocenters. The molecule has 1 N–H and O–H groups in total. The maximum Gasteiger partial charge on any atom is 0.416 e. The monoisotopic (exact) mass is 404 g/mol. The van der Waals surface area contributed by atoms with Crippen LogP contribution in [0.2, 0.25) is 0 Å². The molecule has 0 unspecified atom stereocenters. The summed E-state index contributed by atoms with van der Waals surface area (Å²) in [6.45, 7) is 0.856. The highest BCUT2D eigenvalue weighted by Crippen LogP contribution is 2.30. The van der Waals surface area contributed by atoms with Crippen molar-refractivity contribution < 1.29 is 17.6 Å². The molecule has 5 nitrogen and oxygen atoms in total. The van der Waals surface area contributed by atoms with Crippen molar-refractivity contribution in [2.75, 3.05) is 6.54 Å². The smallest absolute Gasteiger partial charge is 0.306 e. The van der Waals surface area contributed by atoms with Crippen LogP contribution in [-0.2, 0) is 25.7 Å². The molecule has 1 aliphatic rings. The van der Waals surface area contributed by atoms with Crippen molar-refractivity contribution in [2.24, 2.45) is 0 Å². The van der Waals surface area contributed by atoms with Crippen molar-refractivity contribution in [1.29, 1.82) is 0 Å². The molecular weight excluding hydrogens is 388 g/mol. The van der Waals surface area contributed by atoms with Gasteiger partial charge in [-0.25, -0.2) is 9.37 Å². The van der Waals surface area contributed by atoms with Gasteiger partial charge in [0, 0.05) is 49.6 Å². The summed E-state index contributed by atoms with van der Waals surface area (Å²) >= 11 is 0. The SMILES string of the molecule is O=c1[nH]c(-c2cccnc2)nc2c1CN(Cc1ccc(C(F)(F)F)cc1F)CC2. The Bertz CT molecular complexity index is 1100. The first-order valence-corrected chi connectivity index (χ1v) is 8.92. The van der Waals surface area contributed by atoms with Crippen molar-refractivity contribution in [3.05, 3.63) is 81.3 Å². The fourth-order valence-corrected chi connectivity index (χ4v) is 3.35. The number of H-pyrrole nitrogens is 1. The summed E-state index contributed by atoms with van der Waals surface area (Å²) in [4.78, 5) is 25.6. The normalized spacial score (nSPS) is 14.6. The van der Waals surface area contributed by atoms with Gasteiger partial charge in [-0.1, -0.05) is 6.07 Å². The Labute approximate surface area is 163 Å². The lowest BCUT2D eigenvalue weighted by Crippen LogP contribution is -2.35. The summed E-state index contributed by atoms with van der Waals surface area (Å²) in [7, 11) is 0. The van der Waals surface area contributed by atoms with Gasteiger partial charge in [0.1, 0.15) is 11.6 Å². The molecule has 0 saturated heterocycles. The molecule has 0 spiro atoms. The van der Waals surface area contributed by atoms with E-state index >= 15 is 0 Å². The molecule has 0 radical (unpaired) electrons. The lowest BCUT2D eigenvalue weighted by molar-refractivity contribution is -0.137. The van der Waals surface area contributed by atoms with E-state index in [0.29, 0.717) is 41.7 Å². The number of nitrogens with zero attached hydrogens (tertiary/aromatic N) is 3. The Hall–Kier alpha value is -3.07. The van der Waals surface area contributed by atoms with E-state index in [0.717, 1.165) is 12.1 Å². The maximum absolute atomic E-state index is 14.1. The van der Waals surface area contributed by atoms with Crippen molar-refractivity contribution in [3.63, 3.8) is 0 Å². The summed E-state index contributed by atoms with van der Waals surface area (Å²) in [5, 5.41) is 0. The molecule has 150 valence electrons. The summed E-state index contributed by atoms with van der Waals surface area (Å²) in [6.07, 6.45) is -0.880. The van der Waals surface area contributed by atoms with Crippen molar-refractivity contribution in [1.82, 2.24) is 19.9 Å². The van der Waals surface area contributed by atoms with Gasteiger partial charge >= 0.3 is 6.18 Å². The zero-order valence-corrected chi connectivity index (χ0v) is 15.1. The lowest BCUT2D eigenvalue weighted by Gasteiger charge is -2.28. The Morgan fingerprint density at radius 1 is 1.21 bits per heavy atom. The largest absolute Gasteiger partial charge is 0.416 e. The molecule has 9 heteroatoms. The highest BCUT2D eigenvalue weighted by atomic mass is 19.4. The molecule has 1 aliphatic heterocycles. The molecule has 4 rings (SSSR count). The van der Waals surface area contributed by atoms with Crippen LogP contribution in [0.5, 0.6) is 0 Å². The van der Waals surface area contributed by atoms with Crippen LogP contribution in [0.25, 0.3) is 11.4 Å². The quantitative estimate of drug-likeness (QED) is 0.679. The molecule has 3 heterocycles. The summed E-state index contributed by atoms with van der Waals surface area (Å²) < 4.78 is 52.2. The zero-order chi connectivity index (χ0) is 20.6. The van der Waals surface area contributed by atoms with E-state index in [1.54, 1.807) is 24.5 Å². The number of fused-ring (bicyclic) bond motifs is 1. The number of benzene rings is 1. The minimum atomic E-state index is -4.59. The predicted molar refractivity (Wildman–Crippen MR) is 97.3 cm³/mol. The van der Waals surface area contributed by atoms with Gasteiger partial charge in [-0.2, -0.15) is 13.2 Å². The molecule has 0 saturated carbocycles. The van der Waals surface area contributed by atoms with Gasteiger partial charge in [0.15, 0.2) is 0 Å². The zero-order valence-electron chi connectivity index (χ0n) is 15.1. The van der Waals surface area contributed by atoms with Crippen molar-refractivity contribution in [3.8, 4) is 11.4 Å².